The van der Waals surface area contributed by atoms with Gasteiger partial charge < -0.3 is 14.6 Å². The van der Waals surface area contributed by atoms with Crippen molar-refractivity contribution < 1.29 is 4.42 Å². The van der Waals surface area contributed by atoms with Gasteiger partial charge in [0, 0.05) is 37.2 Å². The molecule has 1 aromatic heterocycles. The van der Waals surface area contributed by atoms with Gasteiger partial charge in [0.15, 0.2) is 0 Å². The number of hydrogen-bond acceptors (Lipinski definition) is 4. The maximum Gasteiger partial charge on any atom is 0.120 e. The molecule has 17 heavy (non-hydrogen) atoms. The van der Waals surface area contributed by atoms with Crippen LogP contribution >= 0.6 is 11.8 Å². The Morgan fingerprint density at radius 2 is 2.53 bits per heavy atom. The number of rotatable bonds is 5. The van der Waals surface area contributed by atoms with Crippen LogP contribution < -0.4 is 5.32 Å². The van der Waals surface area contributed by atoms with E-state index in [4.69, 9.17) is 4.42 Å². The second-order valence-corrected chi connectivity index (χ2v) is 6.22. The molecule has 0 aromatic carbocycles. The maximum atomic E-state index is 5.38. The van der Waals surface area contributed by atoms with Crippen LogP contribution in [0.5, 0.6) is 0 Å². The van der Waals surface area contributed by atoms with Crippen LogP contribution in [0.15, 0.2) is 22.8 Å². The fraction of sp³-hybridized carbons (Fsp3) is 0.692. The van der Waals surface area contributed by atoms with Crippen molar-refractivity contribution in [2.75, 3.05) is 31.9 Å². The van der Waals surface area contributed by atoms with Crippen molar-refractivity contribution >= 4 is 11.8 Å². The van der Waals surface area contributed by atoms with Gasteiger partial charge in [-0.05, 0) is 19.1 Å². The van der Waals surface area contributed by atoms with Gasteiger partial charge in [0.05, 0.1) is 12.3 Å². The molecule has 0 radical (unpaired) electrons. The maximum absolute atomic E-state index is 5.38. The van der Waals surface area contributed by atoms with E-state index in [2.05, 4.69) is 35.8 Å². The lowest BCUT2D eigenvalue weighted by Crippen LogP contribution is -2.40. The molecule has 4 heteroatoms. The first kappa shape index (κ1) is 13.0. The molecule has 0 amide bonds. The summed E-state index contributed by atoms with van der Waals surface area (Å²) in [5.41, 5.74) is 0. The highest BCUT2D eigenvalue weighted by Gasteiger charge is 2.16. The van der Waals surface area contributed by atoms with E-state index in [0.29, 0.717) is 6.04 Å². The van der Waals surface area contributed by atoms with Gasteiger partial charge in [0.2, 0.25) is 0 Å². The van der Waals surface area contributed by atoms with Crippen LogP contribution in [-0.2, 0) is 0 Å². The topological polar surface area (TPSA) is 28.4 Å². The molecule has 0 saturated carbocycles. The van der Waals surface area contributed by atoms with E-state index in [0.717, 1.165) is 24.1 Å². The highest BCUT2D eigenvalue weighted by atomic mass is 32.2. The molecular weight excluding hydrogens is 232 g/mol. The lowest BCUT2D eigenvalue weighted by atomic mass is 10.2. The number of hydrogen-bond donors (Lipinski definition) is 1. The minimum atomic E-state index is 0.307. The Hall–Kier alpha value is -0.450. The van der Waals surface area contributed by atoms with Crippen molar-refractivity contribution in [3.63, 3.8) is 0 Å². The van der Waals surface area contributed by atoms with E-state index in [9.17, 15) is 0 Å². The molecule has 1 aliphatic heterocycles. The SMILES string of the molecule is CC1CN(CCNC(C)c2ccco2)CCS1. The highest BCUT2D eigenvalue weighted by molar-refractivity contribution is 7.99. The molecule has 0 spiro atoms. The predicted molar refractivity (Wildman–Crippen MR) is 73.5 cm³/mol. The first-order valence-corrected chi connectivity index (χ1v) is 7.41. The van der Waals surface area contributed by atoms with Crippen molar-refractivity contribution in [1.29, 1.82) is 0 Å². The number of nitrogens with one attached hydrogen (secondary N) is 1. The van der Waals surface area contributed by atoms with Crippen molar-refractivity contribution in [3.8, 4) is 0 Å². The van der Waals surface area contributed by atoms with Gasteiger partial charge in [0.1, 0.15) is 5.76 Å². The van der Waals surface area contributed by atoms with Crippen molar-refractivity contribution in [3.05, 3.63) is 24.2 Å². The smallest absolute Gasteiger partial charge is 0.120 e. The predicted octanol–water partition coefficient (Wildman–Crippen LogP) is 2.37. The van der Waals surface area contributed by atoms with E-state index < -0.39 is 0 Å². The van der Waals surface area contributed by atoms with Crippen LogP contribution in [0.4, 0.5) is 0 Å². The van der Waals surface area contributed by atoms with Gasteiger partial charge in [-0.25, -0.2) is 0 Å². The zero-order valence-electron chi connectivity index (χ0n) is 10.7. The minimum Gasteiger partial charge on any atom is -0.468 e. The normalized spacial score (nSPS) is 23.8. The second kappa shape index (κ2) is 6.47. The molecule has 0 aliphatic carbocycles. The van der Waals surface area contributed by atoms with Crippen LogP contribution in [0, 0.1) is 0 Å². The number of nitrogens with zero attached hydrogens (tertiary/aromatic N) is 1. The summed E-state index contributed by atoms with van der Waals surface area (Å²) in [7, 11) is 0. The van der Waals surface area contributed by atoms with E-state index >= 15 is 0 Å². The minimum absolute atomic E-state index is 0.307. The van der Waals surface area contributed by atoms with Gasteiger partial charge in [-0.2, -0.15) is 11.8 Å². The molecule has 2 rings (SSSR count). The van der Waals surface area contributed by atoms with E-state index in [1.807, 2.05) is 12.1 Å². The summed E-state index contributed by atoms with van der Waals surface area (Å²) in [5.74, 6) is 2.29. The van der Waals surface area contributed by atoms with Crippen LogP contribution in [0.2, 0.25) is 0 Å². The Morgan fingerprint density at radius 1 is 1.65 bits per heavy atom. The van der Waals surface area contributed by atoms with Crippen LogP contribution in [0.1, 0.15) is 25.6 Å². The van der Waals surface area contributed by atoms with Crippen LogP contribution in [0.3, 0.4) is 0 Å². The molecule has 2 heterocycles. The van der Waals surface area contributed by atoms with Crippen LogP contribution in [0.25, 0.3) is 0 Å². The fourth-order valence-corrected chi connectivity index (χ4v) is 3.25. The van der Waals surface area contributed by atoms with Crippen LogP contribution in [-0.4, -0.2) is 42.1 Å². The first-order chi connectivity index (χ1) is 8.25. The molecule has 2 unspecified atom stereocenters. The van der Waals surface area contributed by atoms with Gasteiger partial charge in [-0.1, -0.05) is 6.92 Å². The zero-order valence-corrected chi connectivity index (χ0v) is 11.5. The zero-order chi connectivity index (χ0) is 12.1. The Balaban J connectivity index is 1.65. The third kappa shape index (κ3) is 4.05. The van der Waals surface area contributed by atoms with Gasteiger partial charge in [0.25, 0.3) is 0 Å². The van der Waals surface area contributed by atoms with Gasteiger partial charge in [-0.15, -0.1) is 0 Å². The summed E-state index contributed by atoms with van der Waals surface area (Å²) in [4.78, 5) is 2.54. The van der Waals surface area contributed by atoms with E-state index in [1.54, 1.807) is 6.26 Å². The molecule has 0 bridgehead atoms. The highest BCUT2D eigenvalue weighted by Crippen LogP contribution is 2.17. The molecule has 1 aromatic rings. The summed E-state index contributed by atoms with van der Waals surface area (Å²) in [6, 6.07) is 4.27. The van der Waals surface area contributed by atoms with E-state index in [-0.39, 0.29) is 0 Å². The monoisotopic (exact) mass is 254 g/mol. The Labute approximate surface area is 108 Å². The molecule has 1 N–H and O–H groups in total. The molecule has 2 atom stereocenters. The Morgan fingerprint density at radius 3 is 3.24 bits per heavy atom. The molecule has 1 saturated heterocycles. The standard InChI is InChI=1S/C13H22N2OS/c1-11-10-15(7-9-17-11)6-5-14-12(2)13-4-3-8-16-13/h3-4,8,11-12,14H,5-7,9-10H2,1-2H3. The third-order valence-corrected chi connectivity index (χ3v) is 4.31. The summed E-state index contributed by atoms with van der Waals surface area (Å²) in [5, 5.41) is 4.29. The van der Waals surface area contributed by atoms with E-state index in [1.165, 1.54) is 18.8 Å². The van der Waals surface area contributed by atoms with Crippen molar-refractivity contribution in [2.45, 2.75) is 25.1 Å². The largest absolute Gasteiger partial charge is 0.468 e. The first-order valence-electron chi connectivity index (χ1n) is 6.36. The average molecular weight is 254 g/mol. The van der Waals surface area contributed by atoms with Crippen molar-refractivity contribution in [1.82, 2.24) is 10.2 Å². The van der Waals surface area contributed by atoms with Gasteiger partial charge in [-0.3, -0.25) is 0 Å². The number of furan rings is 1. The van der Waals surface area contributed by atoms with Crippen molar-refractivity contribution in [2.24, 2.45) is 0 Å². The lowest BCUT2D eigenvalue weighted by Gasteiger charge is -2.30. The second-order valence-electron chi connectivity index (χ2n) is 4.67. The molecule has 96 valence electrons. The Bertz CT molecular complexity index is 315. The summed E-state index contributed by atoms with van der Waals surface area (Å²) in [6.45, 7) is 9.08. The molecule has 1 fully saturated rings. The molecule has 3 nitrogen and oxygen atoms in total. The van der Waals surface area contributed by atoms with Gasteiger partial charge >= 0.3 is 0 Å². The summed E-state index contributed by atoms with van der Waals surface area (Å²) in [6.07, 6.45) is 1.73. The number of thioether (sulfide) groups is 1. The fourth-order valence-electron chi connectivity index (χ4n) is 2.17. The summed E-state index contributed by atoms with van der Waals surface area (Å²) < 4.78 is 5.38. The summed E-state index contributed by atoms with van der Waals surface area (Å²) >= 11 is 2.08. The molecule has 1 aliphatic rings. The lowest BCUT2D eigenvalue weighted by molar-refractivity contribution is 0.278. The molecular formula is C13H22N2OS. The third-order valence-electron chi connectivity index (χ3n) is 3.17. The quantitative estimate of drug-likeness (QED) is 0.873. The average Bonchev–Trinajstić information content (AvgIpc) is 2.82. The Kier molecular flexibility index (Phi) is 4.95.